The molecule has 4 rings (SSSR count). The van der Waals surface area contributed by atoms with Crippen LogP contribution in [0.1, 0.15) is 54.4 Å². The second-order valence-electron chi connectivity index (χ2n) is 15.5. The predicted octanol–water partition coefficient (Wildman–Crippen LogP) is 7.82. The molecule has 4 aromatic rings. The fraction of sp³-hybridized carbons (Fsp3) is 0.333. The van der Waals surface area contributed by atoms with Gasteiger partial charge in [0.05, 0.1) is 67.2 Å². The lowest BCUT2D eigenvalue weighted by molar-refractivity contribution is -0.156. The molecule has 0 aliphatic rings. The monoisotopic (exact) mass is 1060 g/mol. The highest BCUT2D eigenvalue weighted by atomic mass is 32.1. The van der Waals surface area contributed by atoms with Crippen molar-refractivity contribution in [1.82, 2.24) is 4.98 Å². The summed E-state index contributed by atoms with van der Waals surface area (Å²) >= 11 is 1.39. The summed E-state index contributed by atoms with van der Waals surface area (Å²) in [6.07, 6.45) is 6.36. The van der Waals surface area contributed by atoms with Gasteiger partial charge in [-0.1, -0.05) is 56.4 Å². The zero-order chi connectivity index (χ0) is 54.0. The summed E-state index contributed by atoms with van der Waals surface area (Å²) in [5.74, 6) is -2.50. The maximum absolute atomic E-state index is 13.6. The summed E-state index contributed by atoms with van der Waals surface area (Å²) in [6, 6.07) is 18.5. The number of hydrazone groups is 1. The summed E-state index contributed by atoms with van der Waals surface area (Å²) in [5, 5.41) is 4.89. The molecule has 1 N–H and O–H groups in total. The van der Waals surface area contributed by atoms with Gasteiger partial charge in [0.15, 0.2) is 12.2 Å². The van der Waals surface area contributed by atoms with Crippen molar-refractivity contribution in [2.24, 2.45) is 5.10 Å². The molecule has 0 aliphatic carbocycles. The summed E-state index contributed by atoms with van der Waals surface area (Å²) in [7, 11) is 0. The predicted molar refractivity (Wildman–Crippen MR) is 278 cm³/mol. The smallest absolute Gasteiger partial charge is 0.343 e. The molecule has 400 valence electrons. The van der Waals surface area contributed by atoms with Gasteiger partial charge >= 0.3 is 35.8 Å². The quantitative estimate of drug-likeness (QED) is 0.00657. The first-order valence-corrected chi connectivity index (χ1v) is 24.4. The van der Waals surface area contributed by atoms with Crippen molar-refractivity contribution < 1.29 is 80.9 Å². The minimum Gasteiger partial charge on any atom is -0.490 e. The molecule has 1 aromatic heterocycles. The SMILES string of the molecule is C=CC(=O)OCCCCOCC(COc1ccc(C(=O)Oc2ccc(OCC(COCCCCOC(=O)C=C)OC(=O)CCOC(=O)C=C)cc2/C=N/Nc2nc3ccccc3s2)cc1)OC(=C)CCOC(=O)C=C. The van der Waals surface area contributed by atoms with Crippen LogP contribution in [0, 0.1) is 0 Å². The van der Waals surface area contributed by atoms with Crippen molar-refractivity contribution in [2.45, 2.75) is 50.7 Å². The van der Waals surface area contributed by atoms with E-state index in [1.807, 2.05) is 24.3 Å². The standard InChI is InChI=1S/C54H61N3O17S/c1-6-48(58)66-28-14-12-26-64-34-43(72-38(5)24-30-68-50(60)8-3)36-70-41-20-18-39(19-21-41)53(63)74-46-23-22-42(32-40(46)33-55-57-54-56-45-16-10-11-17-47(45)75-54)71-37-44(73-52(62)25-31-69-51(61)9-4)35-65-27-13-15-29-67-49(59)7-2/h6-11,16-23,32-33,43-44H,1-5,12-15,24-31,34-37H2,(H,56,57)/b55-33+. The van der Waals surface area contributed by atoms with Gasteiger partial charge in [0.25, 0.3) is 0 Å². The normalized spacial score (nSPS) is 11.5. The number of thiazole rings is 1. The molecule has 2 unspecified atom stereocenters. The molecule has 0 fully saturated rings. The van der Waals surface area contributed by atoms with Crippen LogP contribution in [0.15, 0.2) is 135 Å². The molecule has 2 atom stereocenters. The molecular formula is C54H61N3O17S. The molecular weight excluding hydrogens is 995 g/mol. The fourth-order valence-corrected chi connectivity index (χ4v) is 6.82. The van der Waals surface area contributed by atoms with Gasteiger partial charge in [0.1, 0.15) is 37.1 Å². The number of fused-ring (bicyclic) bond motifs is 1. The topological polar surface area (TPSA) is 241 Å². The first-order chi connectivity index (χ1) is 36.4. The Morgan fingerprint density at radius 1 is 0.613 bits per heavy atom. The molecule has 0 bridgehead atoms. The molecule has 0 aliphatic heterocycles. The van der Waals surface area contributed by atoms with Crippen molar-refractivity contribution in [1.29, 1.82) is 0 Å². The van der Waals surface area contributed by atoms with Crippen LogP contribution in [-0.2, 0) is 61.9 Å². The van der Waals surface area contributed by atoms with Crippen LogP contribution in [0.2, 0.25) is 0 Å². The Balaban J connectivity index is 1.44. The summed E-state index contributed by atoms with van der Waals surface area (Å²) in [4.78, 5) is 76.5. The number of ether oxygens (including phenoxy) is 11. The van der Waals surface area contributed by atoms with Crippen LogP contribution in [-0.4, -0.2) is 125 Å². The van der Waals surface area contributed by atoms with Crippen LogP contribution in [0.5, 0.6) is 17.2 Å². The molecule has 20 nitrogen and oxygen atoms in total. The molecule has 75 heavy (non-hydrogen) atoms. The minimum atomic E-state index is -0.904. The Bertz CT molecular complexity index is 2540. The van der Waals surface area contributed by atoms with E-state index < -0.39 is 48.0 Å². The van der Waals surface area contributed by atoms with Crippen LogP contribution < -0.4 is 19.6 Å². The highest BCUT2D eigenvalue weighted by molar-refractivity contribution is 7.22. The third kappa shape index (κ3) is 24.0. The number of carbonyl (C=O) groups is 6. The average molecular weight is 1060 g/mol. The Hall–Kier alpha value is -8.14. The van der Waals surface area contributed by atoms with Gasteiger partial charge in [-0.25, -0.2) is 29.0 Å². The van der Waals surface area contributed by atoms with E-state index >= 15 is 0 Å². The molecule has 0 spiro atoms. The van der Waals surface area contributed by atoms with Crippen LogP contribution in [0.25, 0.3) is 10.2 Å². The number of rotatable bonds is 38. The van der Waals surface area contributed by atoms with Gasteiger partial charge in [0.2, 0.25) is 5.13 Å². The summed E-state index contributed by atoms with van der Waals surface area (Å²) in [6.45, 7) is 18.1. The van der Waals surface area contributed by atoms with E-state index in [1.165, 1.54) is 35.8 Å². The zero-order valence-corrected chi connectivity index (χ0v) is 42.3. The molecule has 1 heterocycles. The van der Waals surface area contributed by atoms with Gasteiger partial charge in [-0.05, 0) is 80.3 Å². The van der Waals surface area contributed by atoms with Crippen LogP contribution >= 0.6 is 11.3 Å². The maximum Gasteiger partial charge on any atom is 0.343 e. The van der Waals surface area contributed by atoms with E-state index in [2.05, 4.69) is 48.4 Å². The molecule has 21 heteroatoms. The highest BCUT2D eigenvalue weighted by Gasteiger charge is 2.19. The first kappa shape index (κ1) is 59.4. The van der Waals surface area contributed by atoms with E-state index in [9.17, 15) is 28.8 Å². The zero-order valence-electron chi connectivity index (χ0n) is 41.5. The molecule has 3 aromatic carbocycles. The van der Waals surface area contributed by atoms with Crippen molar-refractivity contribution >= 4 is 68.7 Å². The number of esters is 6. The number of benzene rings is 3. The third-order valence-electron chi connectivity index (χ3n) is 9.74. The average Bonchev–Trinajstić information content (AvgIpc) is 3.84. The molecule has 0 saturated carbocycles. The number of anilines is 1. The second-order valence-corrected chi connectivity index (χ2v) is 16.6. The third-order valence-corrected chi connectivity index (χ3v) is 10.7. The van der Waals surface area contributed by atoms with E-state index in [4.69, 9.17) is 52.1 Å². The summed E-state index contributed by atoms with van der Waals surface area (Å²) < 4.78 is 62.0. The van der Waals surface area contributed by atoms with Gasteiger partial charge in [0, 0.05) is 49.5 Å². The Labute approximate surface area is 438 Å². The number of aromatic nitrogens is 1. The van der Waals surface area contributed by atoms with E-state index in [1.54, 1.807) is 24.3 Å². The lowest BCUT2D eigenvalue weighted by Crippen LogP contribution is -2.30. The van der Waals surface area contributed by atoms with Gasteiger partial charge < -0.3 is 52.1 Å². The number of hydrogen-bond donors (Lipinski definition) is 1. The second kappa shape index (κ2) is 34.3. The number of nitrogens with one attached hydrogen (secondary N) is 1. The maximum atomic E-state index is 13.6. The Kier molecular flexibility index (Phi) is 27.2. The molecule has 0 radical (unpaired) electrons. The number of unbranched alkanes of at least 4 members (excludes halogenated alkanes) is 2. The lowest BCUT2D eigenvalue weighted by atomic mass is 10.2. The summed E-state index contributed by atoms with van der Waals surface area (Å²) in [5.41, 5.74) is 4.23. The molecule has 0 saturated heterocycles. The van der Waals surface area contributed by atoms with Crippen LogP contribution in [0.3, 0.4) is 0 Å². The highest BCUT2D eigenvalue weighted by Crippen LogP contribution is 2.27. The number of nitrogens with zero attached hydrogens (tertiary/aromatic N) is 2. The van der Waals surface area contributed by atoms with Crippen molar-refractivity contribution in [3.05, 3.63) is 141 Å². The van der Waals surface area contributed by atoms with Crippen molar-refractivity contribution in [3.8, 4) is 17.2 Å². The minimum absolute atomic E-state index is 0.0222. The first-order valence-electron chi connectivity index (χ1n) is 23.6. The Morgan fingerprint density at radius 2 is 1.15 bits per heavy atom. The van der Waals surface area contributed by atoms with Crippen molar-refractivity contribution in [3.63, 3.8) is 0 Å². The van der Waals surface area contributed by atoms with Gasteiger partial charge in [-0.15, -0.1) is 0 Å². The largest absolute Gasteiger partial charge is 0.490 e. The lowest BCUT2D eigenvalue weighted by Gasteiger charge is -2.21. The van der Waals surface area contributed by atoms with Gasteiger partial charge in [-0.2, -0.15) is 5.10 Å². The van der Waals surface area contributed by atoms with E-state index in [-0.39, 0.29) is 83.6 Å². The van der Waals surface area contributed by atoms with E-state index in [0.717, 1.165) is 34.5 Å². The Morgan fingerprint density at radius 3 is 1.75 bits per heavy atom. The number of carbonyl (C=O) groups excluding carboxylic acids is 6. The van der Waals surface area contributed by atoms with E-state index in [0.29, 0.717) is 60.2 Å². The fourth-order valence-electron chi connectivity index (χ4n) is 6.01. The number of hydrogen-bond acceptors (Lipinski definition) is 21. The van der Waals surface area contributed by atoms with Crippen molar-refractivity contribution in [2.75, 3.05) is 71.5 Å². The van der Waals surface area contributed by atoms with Crippen LogP contribution in [0.4, 0.5) is 5.13 Å². The molecule has 0 amide bonds. The van der Waals surface area contributed by atoms with Gasteiger partial charge in [-0.3, -0.25) is 10.2 Å². The number of para-hydroxylation sites is 1.